The highest BCUT2D eigenvalue weighted by molar-refractivity contribution is 6.32. The second-order valence-electron chi connectivity index (χ2n) is 35.6. The maximum Gasteiger partial charge on any atom is 0.325 e. The molecule has 21 N–H and O–H groups in total. The first-order valence-corrected chi connectivity index (χ1v) is 43.8. The molecule has 0 spiro atoms. The van der Waals surface area contributed by atoms with Crippen molar-refractivity contribution < 1.29 is 122 Å². The predicted octanol–water partition coefficient (Wildman–Crippen LogP) is 4.33. The number of aromatic hydroxyl groups is 2. The van der Waals surface area contributed by atoms with Crippen molar-refractivity contribution in [3.05, 3.63) is 141 Å². The van der Waals surface area contributed by atoms with Crippen LogP contribution >= 0.6 is 11.6 Å². The van der Waals surface area contributed by atoms with Gasteiger partial charge < -0.3 is 138 Å². The van der Waals surface area contributed by atoms with Gasteiger partial charge in [-0.2, -0.15) is 0 Å². The van der Waals surface area contributed by atoms with Crippen LogP contribution in [-0.4, -0.2) is 220 Å². The molecule has 11 aliphatic rings. The Hall–Kier alpha value is -11.0. The van der Waals surface area contributed by atoms with Crippen molar-refractivity contribution >= 4 is 70.6 Å². The minimum absolute atomic E-state index is 0.0467. The monoisotopic (exact) mass is 1810 g/mol. The molecule has 4 aliphatic carbocycles. The summed E-state index contributed by atoms with van der Waals surface area (Å²) in [5.41, 5.74) is 4.76. The van der Waals surface area contributed by atoms with E-state index in [4.69, 9.17) is 55.2 Å². The Balaban J connectivity index is 0.949. The Kier molecular flexibility index (Phi) is 29.0. The van der Waals surface area contributed by atoms with E-state index in [9.17, 15) is 55.2 Å². The van der Waals surface area contributed by atoms with E-state index >= 15 is 28.8 Å². The summed E-state index contributed by atoms with van der Waals surface area (Å²) >= 11 is 7.34. The zero-order valence-electron chi connectivity index (χ0n) is 72.7. The van der Waals surface area contributed by atoms with E-state index < -0.39 is 204 Å². The number of aryl methyl sites for hydroxylation is 2. The number of aliphatic hydroxyl groups is 6. The number of fused-ring (bicyclic) bond motifs is 15. The molecule has 18 atom stereocenters. The summed E-state index contributed by atoms with van der Waals surface area (Å²) in [5, 5.41) is 125. The zero-order chi connectivity index (χ0) is 92.5. The van der Waals surface area contributed by atoms with Gasteiger partial charge in [0.1, 0.15) is 103 Å². The number of nitrogens with two attached hydrogens (primary N) is 1. The average Bonchev–Trinajstić information content (AvgIpc) is 0.758. The van der Waals surface area contributed by atoms with Crippen molar-refractivity contribution in [3.8, 4) is 62.9 Å². The number of urea groups is 1. The summed E-state index contributed by atoms with van der Waals surface area (Å²) in [7, 11) is 3.46. The number of halogens is 1. The molecule has 15 bridgehead atoms. The van der Waals surface area contributed by atoms with E-state index in [1.807, 2.05) is 13.8 Å². The van der Waals surface area contributed by atoms with Gasteiger partial charge >= 0.3 is 6.03 Å². The lowest BCUT2D eigenvalue weighted by molar-refractivity contribution is -0.333. The van der Waals surface area contributed by atoms with Crippen LogP contribution < -0.4 is 87.9 Å². The van der Waals surface area contributed by atoms with Crippen LogP contribution in [0.5, 0.6) is 51.7 Å². The molecule has 6 fully saturated rings. The first-order valence-electron chi connectivity index (χ1n) is 43.4. The van der Waals surface area contributed by atoms with Crippen LogP contribution in [0.3, 0.4) is 0 Å². The first-order chi connectivity index (χ1) is 61.4. The molecule has 694 valence electrons. The number of aliphatic hydroxyl groups excluding tert-OH is 6. The molecule has 6 aromatic rings. The van der Waals surface area contributed by atoms with Crippen molar-refractivity contribution in [2.75, 3.05) is 52.3 Å². The fourth-order valence-corrected chi connectivity index (χ4v) is 19.3. The highest BCUT2D eigenvalue weighted by atomic mass is 35.5. The van der Waals surface area contributed by atoms with Crippen LogP contribution in [0.1, 0.15) is 155 Å². The third-order valence-corrected chi connectivity index (χ3v) is 25.6. The number of nitrogens with one attached hydrogen (secondary N) is 11. The molecule has 38 heteroatoms. The molecular formula is C91H113ClN12O25. The highest BCUT2D eigenvalue weighted by Crippen LogP contribution is 2.55. The number of amides is 10. The standard InChI is InChI=1S/C91H113ClN12O25/c1-39(2)22-42(5)82(114)103-73-75(109)47-11-15-59(40(3)23-47)125-63-32-51-33-64(79(63)129-89-80(78(112)77(111)65(38-105)127-89)128-67-37-91(7,93)81(113)43(6)124-67)126-60-16-12-48(31-56(60)92)76(110)74-88(120)102-72(86(118)99-69-49-26-44-25-45(28-49)29-50(69)27-44)55-35-53(106)24-41(4)68(55)54-30-46(10-14-58(54)107)70(84(116)104-74)101-85(117)71(51)100-83(115)57(97-87(73)119)36-66(108)98-90(121)96-52-13-17-61(122-20-18-94-8)62(34-52)123-21-19-95-9/h10-17,23-24,30-35,39,42-45,49-50,57,65,67,69-78,80-81,89,94-95,105-107,109-113H,18-22,25-29,36-38,93H2,1-9H3,(H,97,119)(H,99,118)(H,100,115)(H,101,117)(H,102,120)(H,103,114)(H,104,116)(H2,96,98,108,121)/t42-,43+,44?,45?,49?,50?,57+,65-,67+,69?,70-,71-,72+,73-,74+,75-,76-,77-,78+,80-,81-,89+,91+/m1/s1. The smallest absolute Gasteiger partial charge is 0.325 e. The molecule has 129 heavy (non-hydrogen) atoms. The van der Waals surface area contributed by atoms with Gasteiger partial charge in [-0.3, -0.25) is 43.7 Å². The number of ether oxygens (including phenoxy) is 8. The second-order valence-corrected chi connectivity index (χ2v) is 36.0. The summed E-state index contributed by atoms with van der Waals surface area (Å²) in [5.74, 6) is -11.6. The SMILES string of the molecule is CNCCOc1ccc(NC(=O)NC(=O)C[C@@H]2NC(=O)[C@H](NC(=O)[C@H](C)CC(C)C)[C@H](O)c3ccc(c(C)c3)Oc3cc4cc(c3O[C@@H]3O[C@H](CO)[C@@H](O)[C@H](O)[C@H]3O[C@H]3C[C@](C)(N)[C@H](O)[C@H](C)O3)Oc3ccc(cc3Cl)[C@@H](O)[C@@H]3NC(=O)[C@H](NC(=O)[C@@H]4NC2=O)c2ccc(O)c(c2)-c2c(C)cc(O)cc2[C@@H](C(=O)NC2C4CC5CC(C4)CC2C5)NC3=O)cc1OCCNC. The molecule has 2 saturated heterocycles. The van der Waals surface area contributed by atoms with E-state index in [1.165, 1.54) is 106 Å². The molecule has 4 saturated carbocycles. The number of rotatable bonds is 22. The van der Waals surface area contributed by atoms with Gasteiger partial charge in [0.05, 0.1) is 30.3 Å². The van der Waals surface area contributed by atoms with Crippen LogP contribution in [0, 0.1) is 49.4 Å². The quantitative estimate of drug-likeness (QED) is 0.0421. The maximum atomic E-state index is 16.8. The Morgan fingerprint density at radius 2 is 1.29 bits per heavy atom. The van der Waals surface area contributed by atoms with Gasteiger partial charge in [0.15, 0.2) is 35.4 Å². The number of phenols is 2. The summed E-state index contributed by atoms with van der Waals surface area (Å²) < 4.78 is 51.4. The molecule has 37 nitrogen and oxygen atoms in total. The topological polar surface area (TPSA) is 548 Å². The van der Waals surface area contributed by atoms with E-state index in [1.54, 1.807) is 27.9 Å². The zero-order valence-corrected chi connectivity index (χ0v) is 73.4. The van der Waals surface area contributed by atoms with Crippen molar-refractivity contribution in [2.24, 2.45) is 41.2 Å². The van der Waals surface area contributed by atoms with Gasteiger partial charge in [0, 0.05) is 54.3 Å². The van der Waals surface area contributed by atoms with Crippen molar-refractivity contribution in [1.29, 1.82) is 0 Å². The minimum Gasteiger partial charge on any atom is -0.508 e. The summed E-state index contributed by atoms with van der Waals surface area (Å²) in [4.78, 5) is 140. The third kappa shape index (κ3) is 20.9. The number of carbonyl (C=O) groups is 9. The van der Waals surface area contributed by atoms with Crippen LogP contribution in [0.4, 0.5) is 10.5 Å². The van der Waals surface area contributed by atoms with Crippen LogP contribution in [0.2, 0.25) is 5.02 Å². The Morgan fingerprint density at radius 3 is 1.94 bits per heavy atom. The fraction of sp³-hybridized carbons (Fsp3) is 0.505. The van der Waals surface area contributed by atoms with Gasteiger partial charge in [-0.05, 0) is 227 Å². The summed E-state index contributed by atoms with van der Waals surface area (Å²) in [6.45, 7) is 11.7. The molecular weight excluding hydrogens is 1700 g/mol. The number of hydrogen-bond donors (Lipinski definition) is 20. The Bertz CT molecular complexity index is 5210. The lowest BCUT2D eigenvalue weighted by Gasteiger charge is -2.54. The Morgan fingerprint density at radius 1 is 0.651 bits per heavy atom. The molecule has 17 rings (SSSR count). The van der Waals surface area contributed by atoms with Crippen LogP contribution in [0.25, 0.3) is 11.1 Å². The lowest BCUT2D eigenvalue weighted by Crippen LogP contribution is -2.64. The number of imide groups is 1. The summed E-state index contributed by atoms with van der Waals surface area (Å²) in [6, 6.07) is 6.40. The molecule has 0 unspecified atom stereocenters. The third-order valence-electron chi connectivity index (χ3n) is 25.3. The van der Waals surface area contributed by atoms with E-state index in [0.29, 0.717) is 30.7 Å². The number of hydrogen-bond acceptors (Lipinski definition) is 28. The largest absolute Gasteiger partial charge is 0.508 e. The normalized spacial score (nSPS) is 29.7. The number of benzene rings is 6. The molecule has 10 amide bonds. The average molecular weight is 1810 g/mol. The summed E-state index contributed by atoms with van der Waals surface area (Å²) in [6.07, 6.45) is -13.9. The van der Waals surface area contributed by atoms with Crippen LogP contribution in [0.15, 0.2) is 97.1 Å². The van der Waals surface area contributed by atoms with Gasteiger partial charge in [-0.1, -0.05) is 50.6 Å². The second kappa shape index (κ2) is 39.7. The molecule has 7 aliphatic heterocycles. The minimum atomic E-state index is -2.36. The van der Waals surface area contributed by atoms with E-state index in [0.717, 1.165) is 44.2 Å². The first kappa shape index (κ1) is 94.1. The Labute approximate surface area is 748 Å². The lowest BCUT2D eigenvalue weighted by atomic mass is 9.54. The van der Waals surface area contributed by atoms with Gasteiger partial charge in [0.25, 0.3) is 0 Å². The number of anilines is 1. The predicted molar refractivity (Wildman–Crippen MR) is 463 cm³/mol. The van der Waals surface area contributed by atoms with Crippen LogP contribution in [-0.2, 0) is 52.6 Å². The molecule has 7 heterocycles. The van der Waals surface area contributed by atoms with E-state index in [-0.39, 0.29) is 128 Å². The maximum absolute atomic E-state index is 16.8. The number of phenolic OH excluding ortho intramolecular Hbond substituents is 2. The molecule has 0 aromatic heterocycles. The van der Waals surface area contributed by atoms with Crippen molar-refractivity contribution in [1.82, 2.24) is 53.2 Å². The van der Waals surface area contributed by atoms with Gasteiger partial charge in [0.2, 0.25) is 59.3 Å². The fourth-order valence-electron chi connectivity index (χ4n) is 19.0. The molecule has 6 aromatic carbocycles. The van der Waals surface area contributed by atoms with Crippen molar-refractivity contribution in [3.63, 3.8) is 0 Å². The number of carbonyl (C=O) groups excluding carboxylic acids is 9. The van der Waals surface area contributed by atoms with Gasteiger partial charge in [-0.25, -0.2) is 4.79 Å². The van der Waals surface area contributed by atoms with E-state index in [2.05, 4.69) is 58.5 Å². The van der Waals surface area contributed by atoms with Gasteiger partial charge in [-0.15, -0.1) is 0 Å². The molecule has 0 radical (unpaired) electrons. The number of likely N-dealkylation sites (N-methyl/N-ethyl adjacent to an activating group) is 2. The highest BCUT2D eigenvalue weighted by Gasteiger charge is 2.53. The van der Waals surface area contributed by atoms with Crippen molar-refractivity contribution in [2.45, 2.75) is 209 Å².